The number of nitrogens with one attached hydrogen (secondary N) is 1. The molecule has 1 N–H and O–H groups in total. The van der Waals surface area contributed by atoms with E-state index in [0.29, 0.717) is 6.61 Å². The van der Waals surface area contributed by atoms with Gasteiger partial charge in [-0.25, -0.2) is 0 Å². The normalized spacial score (nSPS) is 10.4. The number of ether oxygens (including phenoxy) is 1. The highest BCUT2D eigenvalue weighted by Crippen LogP contribution is 2.16. The third-order valence-electron chi connectivity index (χ3n) is 2.83. The van der Waals surface area contributed by atoms with Gasteiger partial charge in [-0.1, -0.05) is 36.9 Å². The van der Waals surface area contributed by atoms with E-state index in [1.807, 2.05) is 61.5 Å². The average molecular weight is 293 g/mol. The van der Waals surface area contributed by atoms with Gasteiger partial charge in [0.25, 0.3) is 0 Å². The van der Waals surface area contributed by atoms with Gasteiger partial charge < -0.3 is 10.1 Å². The van der Waals surface area contributed by atoms with E-state index in [0.717, 1.165) is 22.6 Å². The highest BCUT2D eigenvalue weighted by Gasteiger charge is 1.99. The van der Waals surface area contributed by atoms with Crippen LogP contribution < -0.4 is 10.1 Å². The van der Waals surface area contributed by atoms with Gasteiger partial charge >= 0.3 is 0 Å². The fourth-order valence-corrected chi connectivity index (χ4v) is 1.76. The van der Waals surface area contributed by atoms with Crippen molar-refractivity contribution in [2.24, 2.45) is 0 Å². The lowest BCUT2D eigenvalue weighted by atomic mass is 10.2. The number of hydrogen-bond donors (Lipinski definition) is 1. The van der Waals surface area contributed by atoms with E-state index < -0.39 is 0 Å². The van der Waals surface area contributed by atoms with Crippen molar-refractivity contribution in [1.29, 1.82) is 0 Å². The number of anilines is 1. The number of amides is 1. The highest BCUT2D eigenvalue weighted by atomic mass is 16.5. The van der Waals surface area contributed by atoms with E-state index >= 15 is 0 Å². The minimum absolute atomic E-state index is 0.167. The largest absolute Gasteiger partial charge is 0.489 e. The van der Waals surface area contributed by atoms with Crippen LogP contribution in [0.5, 0.6) is 5.75 Å². The second-order valence-electron chi connectivity index (χ2n) is 5.00. The Bertz CT molecular complexity index is 658. The van der Waals surface area contributed by atoms with E-state index in [9.17, 15) is 4.79 Å². The zero-order valence-electron chi connectivity index (χ0n) is 12.6. The first-order chi connectivity index (χ1) is 10.6. The van der Waals surface area contributed by atoms with Crippen LogP contribution in [0.2, 0.25) is 0 Å². The number of benzene rings is 2. The van der Waals surface area contributed by atoms with Crippen LogP contribution >= 0.6 is 0 Å². The third-order valence-corrected chi connectivity index (χ3v) is 2.83. The zero-order valence-corrected chi connectivity index (χ0v) is 12.6. The van der Waals surface area contributed by atoms with Gasteiger partial charge in [0.2, 0.25) is 5.91 Å². The first-order valence-corrected chi connectivity index (χ1v) is 7.05. The quantitative estimate of drug-likeness (QED) is 0.637. The van der Waals surface area contributed by atoms with Crippen LogP contribution in [0.15, 0.2) is 72.8 Å². The summed E-state index contributed by atoms with van der Waals surface area (Å²) in [6, 6.07) is 16.9. The summed E-state index contributed by atoms with van der Waals surface area (Å²) in [4.78, 5) is 11.8. The summed E-state index contributed by atoms with van der Waals surface area (Å²) in [5.41, 5.74) is 2.68. The van der Waals surface area contributed by atoms with E-state index in [-0.39, 0.29) is 5.91 Å². The molecule has 0 radical (unpaired) electrons. The van der Waals surface area contributed by atoms with Crippen LogP contribution in [0.4, 0.5) is 5.69 Å². The standard InChI is InChI=1S/C19H19NO2/c1-15(2)14-22-18-11-9-17(10-12-18)20-19(21)13-8-16-6-4-3-5-7-16/h3-13H,1,14H2,2H3,(H,20,21)/b13-8+. The molecule has 0 aromatic heterocycles. The van der Waals surface area contributed by atoms with Crippen molar-refractivity contribution >= 4 is 17.7 Å². The molecule has 0 saturated heterocycles. The summed E-state index contributed by atoms with van der Waals surface area (Å²) >= 11 is 0. The third kappa shape index (κ3) is 5.29. The van der Waals surface area contributed by atoms with Gasteiger partial charge in [0, 0.05) is 11.8 Å². The Kier molecular flexibility index (Phi) is 5.55. The Morgan fingerprint density at radius 3 is 2.45 bits per heavy atom. The van der Waals surface area contributed by atoms with Crippen molar-refractivity contribution in [3.63, 3.8) is 0 Å². The van der Waals surface area contributed by atoms with Crippen LogP contribution in [-0.2, 0) is 4.79 Å². The van der Waals surface area contributed by atoms with Gasteiger partial charge in [-0.3, -0.25) is 4.79 Å². The van der Waals surface area contributed by atoms with Gasteiger partial charge in [-0.2, -0.15) is 0 Å². The first kappa shape index (κ1) is 15.6. The Morgan fingerprint density at radius 1 is 1.14 bits per heavy atom. The molecule has 2 aromatic rings. The van der Waals surface area contributed by atoms with Crippen molar-refractivity contribution < 1.29 is 9.53 Å². The van der Waals surface area contributed by atoms with Crippen LogP contribution in [0.1, 0.15) is 12.5 Å². The van der Waals surface area contributed by atoms with Crippen molar-refractivity contribution in [3.8, 4) is 5.75 Å². The molecule has 0 atom stereocenters. The molecule has 0 aliphatic heterocycles. The molecule has 3 heteroatoms. The summed E-state index contributed by atoms with van der Waals surface area (Å²) < 4.78 is 5.51. The monoisotopic (exact) mass is 293 g/mol. The van der Waals surface area contributed by atoms with E-state index in [1.54, 1.807) is 6.08 Å². The van der Waals surface area contributed by atoms with Gasteiger partial charge in [0.05, 0.1) is 0 Å². The molecule has 0 fully saturated rings. The topological polar surface area (TPSA) is 38.3 Å². The predicted octanol–water partition coefficient (Wildman–Crippen LogP) is 4.29. The zero-order chi connectivity index (χ0) is 15.8. The molecule has 2 aromatic carbocycles. The predicted molar refractivity (Wildman–Crippen MR) is 90.9 cm³/mol. The molecule has 3 nitrogen and oxygen atoms in total. The summed E-state index contributed by atoms with van der Waals surface area (Å²) in [5, 5.41) is 2.81. The summed E-state index contributed by atoms with van der Waals surface area (Å²) in [6.45, 7) is 6.18. The summed E-state index contributed by atoms with van der Waals surface area (Å²) in [5.74, 6) is 0.584. The summed E-state index contributed by atoms with van der Waals surface area (Å²) in [6.07, 6.45) is 3.29. The number of rotatable bonds is 6. The van der Waals surface area contributed by atoms with Crippen molar-refractivity contribution in [2.75, 3.05) is 11.9 Å². The smallest absolute Gasteiger partial charge is 0.248 e. The van der Waals surface area contributed by atoms with Crippen LogP contribution in [0.25, 0.3) is 6.08 Å². The van der Waals surface area contributed by atoms with Crippen LogP contribution in [-0.4, -0.2) is 12.5 Å². The number of hydrogen-bond acceptors (Lipinski definition) is 2. The molecular weight excluding hydrogens is 274 g/mol. The molecule has 0 spiro atoms. The Hall–Kier alpha value is -2.81. The Balaban J connectivity index is 1.89. The Labute approximate surface area is 130 Å². The molecule has 0 heterocycles. The molecule has 1 amide bonds. The summed E-state index contributed by atoms with van der Waals surface area (Å²) in [7, 11) is 0. The minimum Gasteiger partial charge on any atom is -0.489 e. The van der Waals surface area contributed by atoms with Crippen molar-refractivity contribution in [1.82, 2.24) is 0 Å². The molecule has 112 valence electrons. The van der Waals surface area contributed by atoms with Crippen molar-refractivity contribution in [2.45, 2.75) is 6.92 Å². The van der Waals surface area contributed by atoms with Crippen LogP contribution in [0, 0.1) is 0 Å². The van der Waals surface area contributed by atoms with Gasteiger partial charge in [-0.15, -0.1) is 0 Å². The van der Waals surface area contributed by atoms with Crippen LogP contribution in [0.3, 0.4) is 0 Å². The molecule has 0 bridgehead atoms. The van der Waals surface area contributed by atoms with E-state index in [2.05, 4.69) is 11.9 Å². The maximum Gasteiger partial charge on any atom is 0.248 e. The minimum atomic E-state index is -0.167. The van der Waals surface area contributed by atoms with Gasteiger partial charge in [0.15, 0.2) is 0 Å². The maximum atomic E-state index is 11.8. The number of carbonyl (C=O) groups is 1. The van der Waals surface area contributed by atoms with E-state index in [4.69, 9.17) is 4.74 Å². The average Bonchev–Trinajstić information content (AvgIpc) is 2.53. The molecule has 0 aliphatic rings. The Morgan fingerprint density at radius 2 is 1.82 bits per heavy atom. The molecule has 2 rings (SSSR count). The SMILES string of the molecule is C=C(C)COc1ccc(NC(=O)/C=C/c2ccccc2)cc1. The second-order valence-corrected chi connectivity index (χ2v) is 5.00. The van der Waals surface area contributed by atoms with Gasteiger partial charge in [-0.05, 0) is 48.4 Å². The molecular formula is C19H19NO2. The fourth-order valence-electron chi connectivity index (χ4n) is 1.76. The lowest BCUT2D eigenvalue weighted by Crippen LogP contribution is -2.07. The lowest BCUT2D eigenvalue weighted by Gasteiger charge is -2.07. The van der Waals surface area contributed by atoms with Gasteiger partial charge in [0.1, 0.15) is 12.4 Å². The maximum absolute atomic E-state index is 11.8. The van der Waals surface area contributed by atoms with Crippen molar-refractivity contribution in [3.05, 3.63) is 78.4 Å². The molecule has 0 aliphatic carbocycles. The molecule has 0 unspecified atom stereocenters. The second kappa shape index (κ2) is 7.84. The van der Waals surface area contributed by atoms with E-state index in [1.165, 1.54) is 6.08 Å². The fraction of sp³-hybridized carbons (Fsp3) is 0.105. The lowest BCUT2D eigenvalue weighted by molar-refractivity contribution is -0.111. The highest BCUT2D eigenvalue weighted by molar-refractivity contribution is 6.01. The molecule has 22 heavy (non-hydrogen) atoms. The first-order valence-electron chi connectivity index (χ1n) is 7.05. The number of carbonyl (C=O) groups excluding carboxylic acids is 1. The molecule has 0 saturated carbocycles.